The van der Waals surface area contributed by atoms with Crippen LogP contribution in [0.4, 0.5) is 0 Å². The van der Waals surface area contributed by atoms with Crippen molar-refractivity contribution in [2.75, 3.05) is 0 Å². The monoisotopic (exact) mass is 318 g/mol. The van der Waals surface area contributed by atoms with Crippen LogP contribution in [0, 0.1) is 0 Å². The molecule has 0 rings (SSSR count). The molecule has 0 aliphatic carbocycles. The van der Waals surface area contributed by atoms with Crippen LogP contribution < -0.4 is 0 Å². The Morgan fingerprint density at radius 3 is 1.56 bits per heavy atom. The van der Waals surface area contributed by atoms with Gasteiger partial charge in [-0.15, -0.1) is 0 Å². The minimum absolute atomic E-state index is 0. The summed E-state index contributed by atoms with van der Waals surface area (Å²) in [6.07, 6.45) is -0.376. The van der Waals surface area contributed by atoms with Gasteiger partial charge in [0, 0.05) is 6.42 Å². The van der Waals surface area contributed by atoms with Gasteiger partial charge in [-0.1, -0.05) is 0 Å². The fraction of sp³-hybridized carbons (Fsp3) is 0.600. The first-order valence-corrected chi connectivity index (χ1v) is 6.96. The molecule has 0 aliphatic rings. The van der Waals surface area contributed by atoms with Gasteiger partial charge in [-0.25, -0.2) is 9.13 Å². The van der Waals surface area contributed by atoms with E-state index in [1.54, 1.807) is 0 Å². The van der Waals surface area contributed by atoms with Crippen molar-refractivity contribution >= 4 is 57.0 Å². The minimum atomic E-state index is -4.74. The summed E-state index contributed by atoms with van der Waals surface area (Å²) in [7, 11) is -9.38. The molecule has 5 N–H and O–H groups in total. The first-order valence-electron chi connectivity index (χ1n) is 3.87. The normalized spacial score (nSPS) is 10.6. The van der Waals surface area contributed by atoms with Crippen LogP contribution in [-0.2, 0) is 23.2 Å². The van der Waals surface area contributed by atoms with Crippen molar-refractivity contribution in [2.24, 2.45) is 0 Å². The zero-order valence-electron chi connectivity index (χ0n) is 8.59. The molecular formula is C5H13NaO10P2. The second-order valence-corrected chi connectivity index (χ2v) is 4.86. The molecule has 0 aromatic rings. The zero-order chi connectivity index (χ0) is 14.3. The van der Waals surface area contributed by atoms with Gasteiger partial charge in [0.25, 0.3) is 0 Å². The fourth-order valence-electron chi connectivity index (χ4n) is 0.456. The number of carbonyl (C=O) groups excluding carboxylic acids is 2. The number of phosphoric acid groups is 2. The number of carbonyl (C=O) groups is 2. The molecule has 0 saturated carbocycles. The van der Waals surface area contributed by atoms with Gasteiger partial charge in [-0.05, 0) is 6.92 Å². The van der Waals surface area contributed by atoms with Gasteiger partial charge in [-0.2, -0.15) is 0 Å². The molecule has 0 bridgehead atoms. The summed E-state index contributed by atoms with van der Waals surface area (Å²) < 4.78 is 22.6. The molecule has 0 amide bonds. The van der Waals surface area contributed by atoms with Gasteiger partial charge in [0.05, 0.1) is 6.42 Å². The predicted octanol–water partition coefficient (Wildman–Crippen LogP) is -1.59. The van der Waals surface area contributed by atoms with Crippen LogP contribution in [-0.4, -0.2) is 65.8 Å². The number of Topliss-reactive ketones (excluding diaryl/α,β-unsaturated/α-hetero) is 1. The second-order valence-electron chi connectivity index (χ2n) is 2.67. The third-order valence-corrected chi connectivity index (χ3v) is 1.34. The third kappa shape index (κ3) is 36.0. The van der Waals surface area contributed by atoms with E-state index in [9.17, 15) is 14.2 Å². The van der Waals surface area contributed by atoms with Gasteiger partial charge in [-0.3, -0.25) is 14.6 Å². The van der Waals surface area contributed by atoms with Crippen molar-refractivity contribution < 1.29 is 47.7 Å². The molecule has 0 aliphatic heterocycles. The molecule has 0 unspecified atom stereocenters. The standard InChI is InChI=1S/C5H9O6P.Na.H3O4P.H/c1-4(6)2-3-5(7)11-12(8,9)10;;1-5(2,3)4;/h2-3H2,1H3,(H2,8,9,10);;(H3,1,2,3,4);. The van der Waals surface area contributed by atoms with Crippen molar-refractivity contribution in [2.45, 2.75) is 19.8 Å². The Morgan fingerprint density at radius 2 is 1.33 bits per heavy atom. The quantitative estimate of drug-likeness (QED) is 0.300. The molecule has 104 valence electrons. The Balaban J connectivity index is -0.000000321. The Kier molecular flexibility index (Phi) is 13.3. The van der Waals surface area contributed by atoms with Crippen molar-refractivity contribution in [3.05, 3.63) is 0 Å². The maximum absolute atomic E-state index is 10.5. The van der Waals surface area contributed by atoms with E-state index in [0.29, 0.717) is 0 Å². The summed E-state index contributed by atoms with van der Waals surface area (Å²) in [5.74, 6) is -1.31. The average Bonchev–Trinajstić information content (AvgIpc) is 1.93. The first kappa shape index (κ1) is 23.5. The molecule has 0 aromatic heterocycles. The summed E-state index contributed by atoms with van der Waals surface area (Å²) in [4.78, 5) is 58.6. The summed E-state index contributed by atoms with van der Waals surface area (Å²) in [5.41, 5.74) is 0. The number of phosphoric ester groups is 1. The Hall–Kier alpha value is 0.400. The van der Waals surface area contributed by atoms with Gasteiger partial charge >= 0.3 is 51.2 Å². The maximum atomic E-state index is 10.5. The Morgan fingerprint density at radius 1 is 1.00 bits per heavy atom. The molecule has 0 atom stereocenters. The van der Waals surface area contributed by atoms with Crippen LogP contribution in [0.15, 0.2) is 0 Å². The molecule has 0 heterocycles. The fourth-order valence-corrected chi connectivity index (χ4v) is 0.813. The van der Waals surface area contributed by atoms with Crippen LogP contribution in [0.5, 0.6) is 0 Å². The van der Waals surface area contributed by atoms with Crippen molar-refractivity contribution in [3.8, 4) is 0 Å². The van der Waals surface area contributed by atoms with Crippen LogP contribution in [0.25, 0.3) is 0 Å². The van der Waals surface area contributed by atoms with Crippen molar-refractivity contribution in [1.29, 1.82) is 0 Å². The van der Waals surface area contributed by atoms with Crippen LogP contribution in [0.1, 0.15) is 19.8 Å². The van der Waals surface area contributed by atoms with Crippen LogP contribution >= 0.6 is 15.6 Å². The van der Waals surface area contributed by atoms with Crippen molar-refractivity contribution in [1.82, 2.24) is 0 Å². The number of hydrogen-bond donors (Lipinski definition) is 5. The van der Waals surface area contributed by atoms with E-state index >= 15 is 0 Å². The number of hydrogen-bond acceptors (Lipinski definition) is 5. The van der Waals surface area contributed by atoms with Gasteiger partial charge < -0.3 is 24.0 Å². The Bertz CT molecular complexity index is 347. The van der Waals surface area contributed by atoms with Crippen LogP contribution in [0.2, 0.25) is 0 Å². The van der Waals surface area contributed by atoms with Gasteiger partial charge in [0.2, 0.25) is 0 Å². The summed E-state index contributed by atoms with van der Waals surface area (Å²) in [6.45, 7) is 1.27. The van der Waals surface area contributed by atoms with E-state index in [2.05, 4.69) is 4.52 Å². The zero-order valence-corrected chi connectivity index (χ0v) is 10.4. The number of rotatable bonds is 4. The van der Waals surface area contributed by atoms with E-state index in [1.165, 1.54) is 6.92 Å². The van der Waals surface area contributed by atoms with Crippen molar-refractivity contribution in [3.63, 3.8) is 0 Å². The molecule has 0 fully saturated rings. The topological polar surface area (TPSA) is 179 Å². The van der Waals surface area contributed by atoms with E-state index in [4.69, 9.17) is 29.0 Å². The molecule has 0 spiro atoms. The number of ketones is 1. The summed E-state index contributed by atoms with van der Waals surface area (Å²) in [5, 5.41) is 0. The van der Waals surface area contributed by atoms with E-state index in [0.717, 1.165) is 0 Å². The predicted molar refractivity (Wildman–Crippen MR) is 59.5 cm³/mol. The Labute approximate surface area is 124 Å². The first-order chi connectivity index (χ1) is 7.31. The molecule has 18 heavy (non-hydrogen) atoms. The van der Waals surface area contributed by atoms with E-state index < -0.39 is 21.6 Å². The molecule has 0 aromatic carbocycles. The third-order valence-electron chi connectivity index (χ3n) is 0.902. The summed E-state index contributed by atoms with van der Waals surface area (Å²) in [6, 6.07) is 0. The van der Waals surface area contributed by atoms with Gasteiger partial charge in [0.15, 0.2) is 0 Å². The van der Waals surface area contributed by atoms with E-state index in [1.807, 2.05) is 0 Å². The van der Waals surface area contributed by atoms with E-state index in [-0.39, 0.29) is 48.2 Å². The van der Waals surface area contributed by atoms with Gasteiger partial charge in [0.1, 0.15) is 5.78 Å². The molecular weight excluding hydrogens is 305 g/mol. The molecule has 0 saturated heterocycles. The average molecular weight is 318 g/mol. The summed E-state index contributed by atoms with van der Waals surface area (Å²) >= 11 is 0. The second kappa shape index (κ2) is 10.2. The SMILES string of the molecule is CC(=O)CCC(=O)OP(=O)(O)O.O=P(O)(O)O.[NaH]. The molecule has 10 nitrogen and oxygen atoms in total. The molecule has 13 heteroatoms. The van der Waals surface area contributed by atoms with Crippen LogP contribution in [0.3, 0.4) is 0 Å². The molecule has 0 radical (unpaired) electrons.